The highest BCUT2D eigenvalue weighted by atomic mass is 16.2. The maximum absolute atomic E-state index is 12.4. The molecule has 31 heavy (non-hydrogen) atoms. The first-order chi connectivity index (χ1) is 15.2. The van der Waals surface area contributed by atoms with Gasteiger partial charge in [0, 0.05) is 12.2 Å². The summed E-state index contributed by atoms with van der Waals surface area (Å²) in [7, 11) is 0. The average Bonchev–Trinajstić information content (AvgIpc) is 2.79. The van der Waals surface area contributed by atoms with Crippen molar-refractivity contribution in [1.82, 2.24) is 10.2 Å². The molecule has 1 heterocycles. The molecular formula is C26H29N3O2. The van der Waals surface area contributed by atoms with Gasteiger partial charge in [0.25, 0.3) is 0 Å². The lowest BCUT2D eigenvalue weighted by Gasteiger charge is -2.26. The van der Waals surface area contributed by atoms with E-state index in [0.29, 0.717) is 0 Å². The van der Waals surface area contributed by atoms with Crippen LogP contribution >= 0.6 is 0 Å². The van der Waals surface area contributed by atoms with Crippen molar-refractivity contribution >= 4 is 28.3 Å². The molecule has 5 heteroatoms. The predicted molar refractivity (Wildman–Crippen MR) is 125 cm³/mol. The van der Waals surface area contributed by atoms with Gasteiger partial charge in [0.2, 0.25) is 11.8 Å². The summed E-state index contributed by atoms with van der Waals surface area (Å²) in [6, 6.07) is 21.9. The number of fused-ring (bicyclic) bond motifs is 1. The summed E-state index contributed by atoms with van der Waals surface area (Å²) in [6.07, 6.45) is 4.09. The van der Waals surface area contributed by atoms with Crippen molar-refractivity contribution in [3.8, 4) is 0 Å². The van der Waals surface area contributed by atoms with Crippen LogP contribution in [0, 0.1) is 0 Å². The lowest BCUT2D eigenvalue weighted by molar-refractivity contribution is -0.123. The van der Waals surface area contributed by atoms with Gasteiger partial charge in [-0.2, -0.15) is 0 Å². The van der Waals surface area contributed by atoms with Crippen molar-refractivity contribution in [2.24, 2.45) is 0 Å². The van der Waals surface area contributed by atoms with Crippen molar-refractivity contribution in [1.29, 1.82) is 0 Å². The summed E-state index contributed by atoms with van der Waals surface area (Å²) in [5.74, 6) is -0.383. The Balaban J connectivity index is 1.28. The zero-order valence-corrected chi connectivity index (χ0v) is 17.8. The van der Waals surface area contributed by atoms with Crippen LogP contribution in [0.3, 0.4) is 0 Å². The molecule has 0 radical (unpaired) electrons. The number of hydrogen-bond acceptors (Lipinski definition) is 3. The molecule has 160 valence electrons. The van der Waals surface area contributed by atoms with Gasteiger partial charge in [-0.1, -0.05) is 61.0 Å². The van der Waals surface area contributed by atoms with Gasteiger partial charge >= 0.3 is 0 Å². The highest BCUT2D eigenvalue weighted by Crippen LogP contribution is 2.19. The van der Waals surface area contributed by atoms with Crippen LogP contribution < -0.4 is 10.6 Å². The lowest BCUT2D eigenvalue weighted by Crippen LogP contribution is -2.33. The van der Waals surface area contributed by atoms with Crippen LogP contribution in [0.15, 0.2) is 66.7 Å². The first kappa shape index (κ1) is 21.1. The highest BCUT2D eigenvalue weighted by Gasteiger charge is 2.12. The summed E-state index contributed by atoms with van der Waals surface area (Å²) in [6.45, 7) is 3.14. The Kier molecular flexibility index (Phi) is 6.95. The number of likely N-dealkylation sites (tertiary alicyclic amines) is 1. The minimum atomic E-state index is -0.221. The van der Waals surface area contributed by atoms with E-state index in [9.17, 15) is 9.59 Å². The van der Waals surface area contributed by atoms with Gasteiger partial charge in [-0.25, -0.2) is 0 Å². The second kappa shape index (κ2) is 10.2. The fourth-order valence-corrected chi connectivity index (χ4v) is 4.19. The van der Waals surface area contributed by atoms with Gasteiger partial charge < -0.3 is 10.6 Å². The standard InChI is InChI=1S/C26H29N3O2/c30-25(17-22-11-7-10-21-9-2-3-13-24(21)22)27-18-26(31)28-23-12-6-8-20(16-23)19-29-14-4-1-5-15-29/h2-3,6-13,16H,1,4-5,14-15,17-19H2,(H,27,30)(H,28,31). The van der Waals surface area contributed by atoms with Crippen LogP contribution in [-0.2, 0) is 22.6 Å². The second-order valence-electron chi connectivity index (χ2n) is 8.18. The molecule has 0 aromatic heterocycles. The van der Waals surface area contributed by atoms with E-state index in [4.69, 9.17) is 0 Å². The minimum absolute atomic E-state index is 0.0417. The number of carbonyl (C=O) groups is 2. The zero-order valence-electron chi connectivity index (χ0n) is 17.8. The quantitative estimate of drug-likeness (QED) is 0.610. The maximum atomic E-state index is 12.4. The van der Waals surface area contributed by atoms with E-state index in [1.807, 2.05) is 60.7 Å². The van der Waals surface area contributed by atoms with E-state index in [-0.39, 0.29) is 24.8 Å². The number of benzene rings is 3. The molecule has 3 aromatic rings. The number of piperidine rings is 1. The normalized spacial score (nSPS) is 14.3. The van der Waals surface area contributed by atoms with Crippen molar-refractivity contribution < 1.29 is 9.59 Å². The van der Waals surface area contributed by atoms with E-state index in [1.165, 1.54) is 24.8 Å². The van der Waals surface area contributed by atoms with Gasteiger partial charge in [0.15, 0.2) is 0 Å². The van der Waals surface area contributed by atoms with Crippen LogP contribution in [-0.4, -0.2) is 36.3 Å². The molecule has 0 unspecified atom stereocenters. The van der Waals surface area contributed by atoms with Gasteiger partial charge in [0.05, 0.1) is 13.0 Å². The molecule has 0 saturated carbocycles. The molecule has 0 bridgehead atoms. The molecule has 1 saturated heterocycles. The van der Waals surface area contributed by atoms with Crippen LogP contribution in [0.25, 0.3) is 10.8 Å². The third-order valence-electron chi connectivity index (χ3n) is 5.74. The molecule has 3 aromatic carbocycles. The number of carbonyl (C=O) groups excluding carboxylic acids is 2. The SMILES string of the molecule is O=C(Cc1cccc2ccccc12)NCC(=O)Nc1cccc(CN2CCCCC2)c1. The Labute approximate surface area is 183 Å². The molecule has 0 spiro atoms. The molecular weight excluding hydrogens is 386 g/mol. The largest absolute Gasteiger partial charge is 0.347 e. The summed E-state index contributed by atoms with van der Waals surface area (Å²) < 4.78 is 0. The highest BCUT2D eigenvalue weighted by molar-refractivity contribution is 5.95. The third-order valence-corrected chi connectivity index (χ3v) is 5.74. The number of nitrogens with one attached hydrogen (secondary N) is 2. The molecule has 1 fully saturated rings. The topological polar surface area (TPSA) is 61.4 Å². The average molecular weight is 416 g/mol. The fraction of sp³-hybridized carbons (Fsp3) is 0.308. The molecule has 1 aliphatic rings. The van der Waals surface area contributed by atoms with Crippen molar-refractivity contribution in [3.63, 3.8) is 0 Å². The Bertz CT molecular complexity index is 1050. The summed E-state index contributed by atoms with van der Waals surface area (Å²) in [5.41, 5.74) is 2.92. The van der Waals surface area contributed by atoms with Crippen LogP contribution in [0.2, 0.25) is 0 Å². The first-order valence-corrected chi connectivity index (χ1v) is 11.0. The van der Waals surface area contributed by atoms with Crippen molar-refractivity contribution in [2.45, 2.75) is 32.2 Å². The zero-order chi connectivity index (χ0) is 21.5. The van der Waals surface area contributed by atoms with Gasteiger partial charge in [-0.15, -0.1) is 0 Å². The number of anilines is 1. The number of rotatable bonds is 7. The molecule has 4 rings (SSSR count). The van der Waals surface area contributed by atoms with Crippen LogP contribution in [0.5, 0.6) is 0 Å². The molecule has 2 N–H and O–H groups in total. The van der Waals surface area contributed by atoms with E-state index < -0.39 is 0 Å². The van der Waals surface area contributed by atoms with E-state index in [2.05, 4.69) is 21.6 Å². The monoisotopic (exact) mass is 415 g/mol. The summed E-state index contributed by atoms with van der Waals surface area (Å²) in [4.78, 5) is 27.2. The van der Waals surface area contributed by atoms with Gasteiger partial charge in [0.1, 0.15) is 0 Å². The molecule has 5 nitrogen and oxygen atoms in total. The lowest BCUT2D eigenvalue weighted by atomic mass is 10.0. The summed E-state index contributed by atoms with van der Waals surface area (Å²) in [5, 5.41) is 7.80. The van der Waals surface area contributed by atoms with Crippen LogP contribution in [0.4, 0.5) is 5.69 Å². The third kappa shape index (κ3) is 5.92. The minimum Gasteiger partial charge on any atom is -0.347 e. The number of hydrogen-bond donors (Lipinski definition) is 2. The second-order valence-corrected chi connectivity index (χ2v) is 8.18. The fourth-order valence-electron chi connectivity index (χ4n) is 4.19. The predicted octanol–water partition coefficient (Wildman–Crippen LogP) is 4.12. The maximum Gasteiger partial charge on any atom is 0.243 e. The van der Waals surface area contributed by atoms with Gasteiger partial charge in [-0.3, -0.25) is 14.5 Å². The number of amides is 2. The summed E-state index contributed by atoms with van der Waals surface area (Å²) >= 11 is 0. The molecule has 0 aliphatic carbocycles. The van der Waals surface area contributed by atoms with E-state index in [0.717, 1.165) is 41.7 Å². The van der Waals surface area contributed by atoms with Crippen molar-refractivity contribution in [2.75, 3.05) is 25.0 Å². The Hall–Kier alpha value is -3.18. The Morgan fingerprint density at radius 2 is 1.61 bits per heavy atom. The van der Waals surface area contributed by atoms with E-state index >= 15 is 0 Å². The number of nitrogens with zero attached hydrogens (tertiary/aromatic N) is 1. The van der Waals surface area contributed by atoms with E-state index in [1.54, 1.807) is 0 Å². The Morgan fingerprint density at radius 3 is 2.48 bits per heavy atom. The van der Waals surface area contributed by atoms with Crippen molar-refractivity contribution in [3.05, 3.63) is 77.9 Å². The molecule has 0 atom stereocenters. The van der Waals surface area contributed by atoms with Crippen LogP contribution in [0.1, 0.15) is 30.4 Å². The Morgan fingerprint density at radius 1 is 0.839 bits per heavy atom. The first-order valence-electron chi connectivity index (χ1n) is 11.0. The molecule has 1 aliphatic heterocycles. The van der Waals surface area contributed by atoms with Gasteiger partial charge in [-0.05, 0) is 60.0 Å². The molecule has 2 amide bonds. The smallest absolute Gasteiger partial charge is 0.243 e.